The summed E-state index contributed by atoms with van der Waals surface area (Å²) in [7, 11) is -3.25. The molecule has 2 unspecified atom stereocenters. The Morgan fingerprint density at radius 3 is 2.50 bits per heavy atom. The number of anilines is 1. The summed E-state index contributed by atoms with van der Waals surface area (Å²) in [6, 6.07) is 7.06. The van der Waals surface area contributed by atoms with E-state index in [-0.39, 0.29) is 11.8 Å². The van der Waals surface area contributed by atoms with Crippen LogP contribution in [0.2, 0.25) is 0 Å². The molecule has 3 N–H and O–H groups in total. The largest absolute Gasteiger partial charge is 0.399 e. The van der Waals surface area contributed by atoms with Gasteiger partial charge in [0.2, 0.25) is 10.0 Å². The van der Waals surface area contributed by atoms with Crippen molar-refractivity contribution in [2.75, 3.05) is 5.73 Å². The first-order valence-corrected chi connectivity index (χ1v) is 7.96. The maximum absolute atomic E-state index is 12.0. The lowest BCUT2D eigenvalue weighted by atomic mass is 10.1. The molecule has 2 atom stereocenters. The molecule has 1 aromatic carbocycles. The van der Waals surface area contributed by atoms with Crippen molar-refractivity contribution in [1.82, 2.24) is 4.72 Å². The van der Waals surface area contributed by atoms with Gasteiger partial charge in [-0.3, -0.25) is 0 Å². The topological polar surface area (TPSA) is 72.2 Å². The predicted molar refractivity (Wildman–Crippen MR) is 73.4 cm³/mol. The lowest BCUT2D eigenvalue weighted by molar-refractivity contribution is 0.476. The fourth-order valence-corrected chi connectivity index (χ4v) is 3.95. The smallest absolute Gasteiger partial charge is 0.216 e. The van der Waals surface area contributed by atoms with E-state index in [0.29, 0.717) is 11.6 Å². The number of hydrogen-bond donors (Lipinski definition) is 2. The van der Waals surface area contributed by atoms with Crippen LogP contribution < -0.4 is 10.5 Å². The molecule has 0 spiro atoms. The van der Waals surface area contributed by atoms with Crippen molar-refractivity contribution >= 4 is 15.7 Å². The Kier molecular flexibility index (Phi) is 3.92. The monoisotopic (exact) mass is 268 g/mol. The minimum atomic E-state index is -3.25. The lowest BCUT2D eigenvalue weighted by Gasteiger charge is -2.17. The molecule has 0 radical (unpaired) electrons. The van der Waals surface area contributed by atoms with Crippen LogP contribution in [-0.2, 0) is 15.8 Å². The quantitative estimate of drug-likeness (QED) is 0.819. The second-order valence-corrected chi connectivity index (χ2v) is 6.89. The van der Waals surface area contributed by atoms with Gasteiger partial charge in [-0.05, 0) is 36.5 Å². The minimum absolute atomic E-state index is 0.0243. The Labute approximate surface area is 109 Å². The van der Waals surface area contributed by atoms with Crippen molar-refractivity contribution in [1.29, 1.82) is 0 Å². The highest BCUT2D eigenvalue weighted by Crippen LogP contribution is 2.25. The Morgan fingerprint density at radius 1 is 1.28 bits per heavy atom. The molecule has 1 saturated carbocycles. The third kappa shape index (κ3) is 3.46. The van der Waals surface area contributed by atoms with Crippen LogP contribution in [0.5, 0.6) is 0 Å². The standard InChI is InChI=1S/C13H20N2O2S/c1-10-3-2-4-13(10)15-18(16,17)9-11-5-7-12(14)8-6-11/h5-8,10,13,15H,2-4,9,14H2,1H3. The number of hydrogen-bond acceptors (Lipinski definition) is 3. The van der Waals surface area contributed by atoms with Crippen LogP contribution in [0.15, 0.2) is 24.3 Å². The molecule has 1 aromatic rings. The average Bonchev–Trinajstić information content (AvgIpc) is 2.67. The highest BCUT2D eigenvalue weighted by Gasteiger charge is 2.27. The van der Waals surface area contributed by atoms with E-state index >= 15 is 0 Å². The van der Waals surface area contributed by atoms with Crippen molar-refractivity contribution in [3.05, 3.63) is 29.8 Å². The van der Waals surface area contributed by atoms with Crippen molar-refractivity contribution in [3.63, 3.8) is 0 Å². The van der Waals surface area contributed by atoms with Crippen LogP contribution >= 0.6 is 0 Å². The van der Waals surface area contributed by atoms with Crippen molar-refractivity contribution in [3.8, 4) is 0 Å². The van der Waals surface area contributed by atoms with Crippen molar-refractivity contribution < 1.29 is 8.42 Å². The predicted octanol–water partition coefficient (Wildman–Crippen LogP) is 1.88. The van der Waals surface area contributed by atoms with Crippen molar-refractivity contribution in [2.24, 2.45) is 5.92 Å². The molecule has 100 valence electrons. The van der Waals surface area contributed by atoms with E-state index in [1.54, 1.807) is 24.3 Å². The third-order valence-electron chi connectivity index (χ3n) is 3.53. The highest BCUT2D eigenvalue weighted by atomic mass is 32.2. The first-order valence-electron chi connectivity index (χ1n) is 6.31. The number of nitrogens with one attached hydrogen (secondary N) is 1. The van der Waals surface area contributed by atoms with E-state index in [0.717, 1.165) is 24.8 Å². The first kappa shape index (κ1) is 13.4. The molecule has 0 amide bonds. The normalized spacial score (nSPS) is 24.3. The van der Waals surface area contributed by atoms with E-state index in [1.807, 2.05) is 0 Å². The molecule has 0 aromatic heterocycles. The van der Waals surface area contributed by atoms with Crippen LogP contribution in [0.1, 0.15) is 31.7 Å². The van der Waals surface area contributed by atoms with Gasteiger partial charge in [0.1, 0.15) is 0 Å². The van der Waals surface area contributed by atoms with Gasteiger partial charge >= 0.3 is 0 Å². The number of nitrogens with two attached hydrogens (primary N) is 1. The zero-order valence-corrected chi connectivity index (χ0v) is 11.4. The van der Waals surface area contributed by atoms with E-state index in [2.05, 4.69) is 11.6 Å². The molecule has 4 nitrogen and oxygen atoms in total. The number of rotatable bonds is 4. The molecule has 0 bridgehead atoms. The van der Waals surface area contributed by atoms with Crippen LogP contribution in [0.25, 0.3) is 0 Å². The molecule has 5 heteroatoms. The van der Waals surface area contributed by atoms with Gasteiger partial charge in [0.05, 0.1) is 5.75 Å². The molecule has 0 heterocycles. The molecular weight excluding hydrogens is 248 g/mol. The summed E-state index contributed by atoms with van der Waals surface area (Å²) in [5.74, 6) is 0.461. The maximum Gasteiger partial charge on any atom is 0.216 e. The summed E-state index contributed by atoms with van der Waals surface area (Å²) in [5, 5.41) is 0. The molecule has 1 aliphatic rings. The summed E-state index contributed by atoms with van der Waals surface area (Å²) < 4.78 is 26.9. The van der Waals surface area contributed by atoms with Crippen LogP contribution in [0.4, 0.5) is 5.69 Å². The van der Waals surface area contributed by atoms with Crippen LogP contribution in [-0.4, -0.2) is 14.5 Å². The number of nitrogen functional groups attached to an aromatic ring is 1. The van der Waals surface area contributed by atoms with E-state index in [1.165, 1.54) is 0 Å². The van der Waals surface area contributed by atoms with E-state index in [4.69, 9.17) is 5.73 Å². The third-order valence-corrected chi connectivity index (χ3v) is 4.90. The van der Waals surface area contributed by atoms with E-state index in [9.17, 15) is 8.42 Å². The molecule has 18 heavy (non-hydrogen) atoms. The Bertz CT molecular complexity index is 496. The van der Waals surface area contributed by atoms with Crippen LogP contribution in [0.3, 0.4) is 0 Å². The highest BCUT2D eigenvalue weighted by molar-refractivity contribution is 7.88. The summed E-state index contributed by atoms with van der Waals surface area (Å²) in [6.07, 6.45) is 3.16. The zero-order chi connectivity index (χ0) is 13.2. The van der Waals surface area contributed by atoms with Gasteiger partial charge in [0.15, 0.2) is 0 Å². The zero-order valence-electron chi connectivity index (χ0n) is 10.6. The van der Waals surface area contributed by atoms with Gasteiger partial charge < -0.3 is 5.73 Å². The van der Waals surface area contributed by atoms with E-state index < -0.39 is 10.0 Å². The van der Waals surface area contributed by atoms with Gasteiger partial charge in [0, 0.05) is 11.7 Å². The second kappa shape index (κ2) is 5.28. The van der Waals surface area contributed by atoms with Gasteiger partial charge in [-0.1, -0.05) is 25.5 Å². The Morgan fingerprint density at radius 2 is 1.94 bits per heavy atom. The van der Waals surface area contributed by atoms with Gasteiger partial charge in [-0.2, -0.15) is 0 Å². The molecule has 1 aliphatic carbocycles. The fraction of sp³-hybridized carbons (Fsp3) is 0.538. The van der Waals surface area contributed by atoms with Crippen LogP contribution in [0, 0.1) is 5.92 Å². The van der Waals surface area contributed by atoms with Gasteiger partial charge in [0.25, 0.3) is 0 Å². The van der Waals surface area contributed by atoms with Crippen molar-refractivity contribution in [2.45, 2.75) is 38.0 Å². The first-order chi connectivity index (χ1) is 8.46. The number of sulfonamides is 1. The fourth-order valence-electron chi connectivity index (χ4n) is 2.43. The molecule has 0 aliphatic heterocycles. The maximum atomic E-state index is 12.0. The summed E-state index contributed by atoms with van der Waals surface area (Å²) in [5.41, 5.74) is 6.99. The summed E-state index contributed by atoms with van der Waals surface area (Å²) >= 11 is 0. The Balaban J connectivity index is 2.01. The Hall–Kier alpha value is -1.07. The summed E-state index contributed by atoms with van der Waals surface area (Å²) in [6.45, 7) is 2.10. The molecule has 1 fully saturated rings. The minimum Gasteiger partial charge on any atom is -0.399 e. The molecular formula is C13H20N2O2S. The number of benzene rings is 1. The lowest BCUT2D eigenvalue weighted by Crippen LogP contribution is -2.37. The molecule has 0 saturated heterocycles. The van der Waals surface area contributed by atoms with Gasteiger partial charge in [-0.15, -0.1) is 0 Å². The average molecular weight is 268 g/mol. The summed E-state index contributed by atoms with van der Waals surface area (Å²) in [4.78, 5) is 0. The SMILES string of the molecule is CC1CCCC1NS(=O)(=O)Cc1ccc(N)cc1. The van der Waals surface area contributed by atoms with Gasteiger partial charge in [-0.25, -0.2) is 13.1 Å². The second-order valence-electron chi connectivity index (χ2n) is 5.13. The molecule has 2 rings (SSSR count).